The van der Waals surface area contributed by atoms with Crippen LogP contribution in [0.1, 0.15) is 27.2 Å². The monoisotopic (exact) mass is 412 g/mol. The molecule has 1 rings (SSSR count). The quantitative estimate of drug-likeness (QED) is 0.725. The van der Waals surface area contributed by atoms with Crippen LogP contribution in [0.5, 0.6) is 0 Å². The number of nitrogens with two attached hydrogens (primary N) is 1. The van der Waals surface area contributed by atoms with Crippen LogP contribution >= 0.6 is 31.9 Å². The predicted octanol–water partition coefficient (Wildman–Crippen LogP) is 3.51. The van der Waals surface area contributed by atoms with Gasteiger partial charge in [-0.1, -0.05) is 29.8 Å². The van der Waals surface area contributed by atoms with Gasteiger partial charge in [0, 0.05) is 15.0 Å². The Morgan fingerprint density at radius 3 is 2.32 bits per heavy atom. The molecule has 0 spiro atoms. The van der Waals surface area contributed by atoms with Crippen molar-refractivity contribution in [3.05, 3.63) is 21.1 Å². The summed E-state index contributed by atoms with van der Waals surface area (Å²) in [6.45, 7) is 5.95. The summed E-state index contributed by atoms with van der Waals surface area (Å²) in [7, 11) is -3.63. The highest BCUT2D eigenvalue weighted by atomic mass is 79.9. The van der Waals surface area contributed by atoms with Crippen LogP contribution in [0.3, 0.4) is 0 Å². The molecule has 0 radical (unpaired) electrons. The van der Waals surface area contributed by atoms with Gasteiger partial charge in [0.1, 0.15) is 4.90 Å². The van der Waals surface area contributed by atoms with Crippen molar-refractivity contribution in [2.24, 2.45) is 5.92 Å². The second kappa shape index (κ2) is 6.56. The highest BCUT2D eigenvalue weighted by Crippen LogP contribution is 2.31. The molecule has 0 saturated heterocycles. The maximum absolute atomic E-state index is 12.3. The predicted molar refractivity (Wildman–Crippen MR) is 85.5 cm³/mol. The first-order valence-electron chi connectivity index (χ1n) is 5.90. The molecule has 0 aromatic heterocycles. The van der Waals surface area contributed by atoms with Crippen molar-refractivity contribution in [2.75, 3.05) is 5.73 Å². The lowest BCUT2D eigenvalue weighted by molar-refractivity contribution is 0.482. The summed E-state index contributed by atoms with van der Waals surface area (Å²) in [5.41, 5.74) is 6.02. The molecule has 0 aliphatic heterocycles. The molecule has 108 valence electrons. The first kappa shape index (κ1) is 16.9. The summed E-state index contributed by atoms with van der Waals surface area (Å²) in [5.74, 6) is 0.420. The van der Waals surface area contributed by atoms with Crippen LogP contribution in [0.25, 0.3) is 0 Å². The molecule has 7 heteroatoms. The van der Waals surface area contributed by atoms with Gasteiger partial charge in [-0.2, -0.15) is 0 Å². The zero-order chi connectivity index (χ0) is 14.8. The molecule has 0 saturated carbocycles. The maximum Gasteiger partial charge on any atom is 0.243 e. The van der Waals surface area contributed by atoms with Crippen LogP contribution in [0, 0.1) is 5.92 Å². The lowest BCUT2D eigenvalue weighted by Crippen LogP contribution is -2.34. The molecule has 3 N–H and O–H groups in total. The van der Waals surface area contributed by atoms with Gasteiger partial charge >= 0.3 is 0 Å². The molecule has 0 aliphatic carbocycles. The molecule has 1 aromatic rings. The van der Waals surface area contributed by atoms with Gasteiger partial charge in [0.05, 0.1) is 5.69 Å². The SMILES string of the molecule is CC(C)CC(C)NS(=O)(=O)c1c(N)cc(Br)cc1Br. The van der Waals surface area contributed by atoms with E-state index < -0.39 is 10.0 Å². The molecule has 4 nitrogen and oxygen atoms in total. The molecule has 0 bridgehead atoms. The Morgan fingerprint density at radius 2 is 1.84 bits per heavy atom. The zero-order valence-electron chi connectivity index (χ0n) is 11.1. The van der Waals surface area contributed by atoms with E-state index in [1.165, 1.54) is 0 Å². The van der Waals surface area contributed by atoms with Crippen molar-refractivity contribution in [3.8, 4) is 0 Å². The van der Waals surface area contributed by atoms with Crippen LogP contribution in [0.15, 0.2) is 26.0 Å². The fourth-order valence-corrected chi connectivity index (χ4v) is 5.27. The van der Waals surface area contributed by atoms with E-state index in [0.717, 1.165) is 10.9 Å². The smallest absolute Gasteiger partial charge is 0.243 e. The van der Waals surface area contributed by atoms with Crippen molar-refractivity contribution < 1.29 is 8.42 Å². The molecular formula is C12H18Br2N2O2S. The van der Waals surface area contributed by atoms with Crippen molar-refractivity contribution in [1.82, 2.24) is 4.72 Å². The van der Waals surface area contributed by atoms with Gasteiger partial charge in [-0.15, -0.1) is 0 Å². The number of anilines is 1. The van der Waals surface area contributed by atoms with E-state index in [2.05, 4.69) is 50.4 Å². The molecule has 19 heavy (non-hydrogen) atoms. The summed E-state index contributed by atoms with van der Waals surface area (Å²) in [4.78, 5) is 0.0892. The van der Waals surface area contributed by atoms with E-state index >= 15 is 0 Å². The van der Waals surface area contributed by atoms with E-state index in [4.69, 9.17) is 5.73 Å². The van der Waals surface area contributed by atoms with Crippen LogP contribution in [-0.2, 0) is 10.0 Å². The van der Waals surface area contributed by atoms with Crippen LogP contribution in [0.4, 0.5) is 5.69 Å². The first-order chi connectivity index (χ1) is 8.63. The van der Waals surface area contributed by atoms with Crippen LogP contribution in [-0.4, -0.2) is 14.5 Å². The number of sulfonamides is 1. The fraction of sp³-hybridized carbons (Fsp3) is 0.500. The Labute approximate surface area is 131 Å². The minimum absolute atomic E-state index is 0.0892. The van der Waals surface area contributed by atoms with E-state index in [-0.39, 0.29) is 16.6 Å². The van der Waals surface area contributed by atoms with Crippen LogP contribution < -0.4 is 10.5 Å². The average Bonchev–Trinajstić information content (AvgIpc) is 2.10. The number of nitrogen functional groups attached to an aromatic ring is 1. The highest BCUT2D eigenvalue weighted by molar-refractivity contribution is 9.11. The third-order valence-corrected chi connectivity index (χ3v) is 5.54. The fourth-order valence-electron chi connectivity index (χ4n) is 1.94. The maximum atomic E-state index is 12.3. The van der Waals surface area contributed by atoms with Crippen molar-refractivity contribution >= 4 is 47.6 Å². The van der Waals surface area contributed by atoms with E-state index in [9.17, 15) is 8.42 Å². The number of hydrogen-bond acceptors (Lipinski definition) is 3. The summed E-state index contributed by atoms with van der Waals surface area (Å²) < 4.78 is 28.5. The Kier molecular flexibility index (Phi) is 5.85. The molecule has 0 amide bonds. The Bertz CT molecular complexity index is 536. The Morgan fingerprint density at radius 1 is 1.26 bits per heavy atom. The largest absolute Gasteiger partial charge is 0.398 e. The van der Waals surface area contributed by atoms with Crippen molar-refractivity contribution in [2.45, 2.75) is 38.1 Å². The topological polar surface area (TPSA) is 72.2 Å². The lowest BCUT2D eigenvalue weighted by atomic mass is 10.1. The van der Waals surface area contributed by atoms with Gasteiger partial charge in [-0.05, 0) is 47.3 Å². The van der Waals surface area contributed by atoms with Crippen LogP contribution in [0.2, 0.25) is 0 Å². The molecule has 1 atom stereocenters. The molecule has 0 fully saturated rings. The lowest BCUT2D eigenvalue weighted by Gasteiger charge is -2.18. The molecule has 1 unspecified atom stereocenters. The van der Waals surface area contributed by atoms with Gasteiger partial charge in [-0.25, -0.2) is 13.1 Å². The van der Waals surface area contributed by atoms with E-state index in [1.807, 2.05) is 6.92 Å². The molecule has 0 heterocycles. The van der Waals surface area contributed by atoms with Gasteiger partial charge in [0.15, 0.2) is 0 Å². The third kappa shape index (κ3) is 4.73. The van der Waals surface area contributed by atoms with Crippen molar-refractivity contribution in [1.29, 1.82) is 0 Å². The Balaban J connectivity index is 3.08. The normalized spacial score (nSPS) is 13.8. The number of hydrogen-bond donors (Lipinski definition) is 2. The number of halogens is 2. The number of benzene rings is 1. The summed E-state index contributed by atoms with van der Waals surface area (Å²) in [6, 6.07) is 3.10. The summed E-state index contributed by atoms with van der Waals surface area (Å²) in [5, 5.41) is 0. The second-order valence-corrected chi connectivity index (χ2v) is 8.38. The van der Waals surface area contributed by atoms with Crippen molar-refractivity contribution in [3.63, 3.8) is 0 Å². The van der Waals surface area contributed by atoms with E-state index in [1.54, 1.807) is 12.1 Å². The minimum Gasteiger partial charge on any atom is -0.398 e. The standard InChI is InChI=1S/C12H18Br2N2O2S/c1-7(2)4-8(3)16-19(17,18)12-10(14)5-9(13)6-11(12)15/h5-8,16H,4,15H2,1-3H3. The third-order valence-electron chi connectivity index (χ3n) is 2.49. The average molecular weight is 414 g/mol. The second-order valence-electron chi connectivity index (χ2n) is 4.96. The number of nitrogens with one attached hydrogen (secondary N) is 1. The summed E-state index contributed by atoms with van der Waals surface area (Å²) >= 11 is 6.52. The minimum atomic E-state index is -3.63. The van der Waals surface area contributed by atoms with Gasteiger partial charge in [0.2, 0.25) is 10.0 Å². The molecular weight excluding hydrogens is 396 g/mol. The van der Waals surface area contributed by atoms with Gasteiger partial charge < -0.3 is 5.73 Å². The first-order valence-corrected chi connectivity index (χ1v) is 8.97. The van der Waals surface area contributed by atoms with Gasteiger partial charge in [-0.3, -0.25) is 0 Å². The molecule has 0 aliphatic rings. The van der Waals surface area contributed by atoms with Gasteiger partial charge in [0.25, 0.3) is 0 Å². The highest BCUT2D eigenvalue weighted by Gasteiger charge is 2.23. The number of rotatable bonds is 5. The zero-order valence-corrected chi connectivity index (χ0v) is 15.1. The Hall–Kier alpha value is -0.110. The molecule has 1 aromatic carbocycles. The van der Waals surface area contributed by atoms with E-state index in [0.29, 0.717) is 10.4 Å². The summed E-state index contributed by atoms with van der Waals surface area (Å²) in [6.07, 6.45) is 0.771.